The summed E-state index contributed by atoms with van der Waals surface area (Å²) in [5.41, 5.74) is 2.98. The van der Waals surface area contributed by atoms with Gasteiger partial charge in [-0.25, -0.2) is 9.47 Å². The Morgan fingerprint density at radius 2 is 2.00 bits per heavy atom. The molecule has 2 heterocycles. The first kappa shape index (κ1) is 18.9. The van der Waals surface area contributed by atoms with Crippen molar-refractivity contribution in [1.82, 2.24) is 14.6 Å². The van der Waals surface area contributed by atoms with Crippen molar-refractivity contribution in [2.45, 2.75) is 30.0 Å². The van der Waals surface area contributed by atoms with Crippen LogP contribution in [-0.2, 0) is 18.6 Å². The van der Waals surface area contributed by atoms with E-state index in [1.807, 2.05) is 6.07 Å². The van der Waals surface area contributed by atoms with E-state index in [1.54, 1.807) is 16.8 Å². The minimum atomic E-state index is -0.388. The highest BCUT2D eigenvalue weighted by Gasteiger charge is 2.26. The standard InChI is InChI=1S/C19H23N5O3S/c1-21-8-10-22(11-9-21)23-17-7-3-6-16(17)18(20-19(23)25)28-13-14-4-2-5-15(12-14)24(26)27/h2,4-5,12H,3,6-11,13H2,1H3. The molecule has 9 heteroatoms. The van der Waals surface area contributed by atoms with E-state index in [0.717, 1.165) is 67.3 Å². The number of hydrogen-bond donors (Lipinski definition) is 0. The maximum atomic E-state index is 12.8. The number of benzene rings is 1. The number of nitro groups is 1. The number of non-ortho nitro benzene ring substituents is 1. The Morgan fingerprint density at radius 3 is 2.75 bits per heavy atom. The Labute approximate surface area is 167 Å². The van der Waals surface area contributed by atoms with Crippen LogP contribution < -0.4 is 10.7 Å². The van der Waals surface area contributed by atoms with Crippen LogP contribution in [0.3, 0.4) is 0 Å². The molecular weight excluding hydrogens is 378 g/mol. The Hall–Kier alpha value is -2.39. The van der Waals surface area contributed by atoms with Gasteiger partial charge in [0.15, 0.2) is 0 Å². The fraction of sp³-hybridized carbons (Fsp3) is 0.474. The van der Waals surface area contributed by atoms with Crippen LogP contribution in [0.15, 0.2) is 34.1 Å². The van der Waals surface area contributed by atoms with Crippen molar-refractivity contribution in [3.05, 3.63) is 61.7 Å². The molecule has 0 radical (unpaired) electrons. The molecule has 1 aliphatic heterocycles. The van der Waals surface area contributed by atoms with Gasteiger partial charge in [0.05, 0.1) is 10.6 Å². The van der Waals surface area contributed by atoms with Crippen molar-refractivity contribution in [3.63, 3.8) is 0 Å². The number of hydrogen-bond acceptors (Lipinski definition) is 7. The SMILES string of the molecule is CN1CCN(n2c3c(c(SCc4cccc([N+](=O)[O-])c4)nc2=O)CCC3)CC1. The fourth-order valence-corrected chi connectivity index (χ4v) is 4.85. The van der Waals surface area contributed by atoms with Crippen LogP contribution in [0.4, 0.5) is 5.69 Å². The highest BCUT2D eigenvalue weighted by Crippen LogP contribution is 2.31. The normalized spacial score (nSPS) is 17.0. The van der Waals surface area contributed by atoms with E-state index in [-0.39, 0.29) is 16.3 Å². The highest BCUT2D eigenvalue weighted by atomic mass is 32.2. The topological polar surface area (TPSA) is 84.5 Å². The average molecular weight is 401 g/mol. The Kier molecular flexibility index (Phi) is 5.36. The first-order valence-corrected chi connectivity index (χ1v) is 10.5. The van der Waals surface area contributed by atoms with Crippen LogP contribution in [0, 0.1) is 10.1 Å². The van der Waals surface area contributed by atoms with Crippen molar-refractivity contribution in [2.24, 2.45) is 0 Å². The van der Waals surface area contributed by atoms with Crippen molar-refractivity contribution in [2.75, 3.05) is 38.2 Å². The van der Waals surface area contributed by atoms with Crippen LogP contribution in [-0.4, -0.2) is 52.7 Å². The molecule has 28 heavy (non-hydrogen) atoms. The molecule has 0 unspecified atom stereocenters. The molecule has 0 atom stereocenters. The fourth-order valence-electron chi connectivity index (χ4n) is 3.83. The molecule has 0 spiro atoms. The van der Waals surface area contributed by atoms with Crippen LogP contribution in [0.5, 0.6) is 0 Å². The van der Waals surface area contributed by atoms with Crippen molar-refractivity contribution in [3.8, 4) is 0 Å². The minimum absolute atomic E-state index is 0.0850. The summed E-state index contributed by atoms with van der Waals surface area (Å²) in [6.45, 7) is 3.52. The summed E-state index contributed by atoms with van der Waals surface area (Å²) in [7, 11) is 2.09. The number of likely N-dealkylation sites (N-methyl/N-ethyl adjacent to an activating group) is 1. The molecule has 0 N–H and O–H groups in total. The van der Waals surface area contributed by atoms with Crippen LogP contribution in [0.2, 0.25) is 0 Å². The zero-order valence-electron chi connectivity index (χ0n) is 15.8. The molecule has 148 valence electrons. The summed E-state index contributed by atoms with van der Waals surface area (Å²) in [6, 6.07) is 6.63. The van der Waals surface area contributed by atoms with Gasteiger partial charge in [-0.1, -0.05) is 12.1 Å². The molecule has 1 fully saturated rings. The van der Waals surface area contributed by atoms with Gasteiger partial charge in [-0.05, 0) is 31.9 Å². The van der Waals surface area contributed by atoms with Gasteiger partial charge in [-0.3, -0.25) is 10.1 Å². The van der Waals surface area contributed by atoms with E-state index < -0.39 is 0 Å². The third kappa shape index (κ3) is 3.77. The monoisotopic (exact) mass is 401 g/mol. The summed E-state index contributed by atoms with van der Waals surface area (Å²) < 4.78 is 1.80. The summed E-state index contributed by atoms with van der Waals surface area (Å²) in [5, 5.41) is 13.9. The first-order valence-electron chi connectivity index (χ1n) is 9.47. The first-order chi connectivity index (χ1) is 13.5. The van der Waals surface area contributed by atoms with Crippen LogP contribution in [0.1, 0.15) is 23.2 Å². The van der Waals surface area contributed by atoms with Gasteiger partial charge in [-0.2, -0.15) is 4.98 Å². The quantitative estimate of drug-likeness (QED) is 0.327. The molecule has 1 aliphatic carbocycles. The molecule has 4 rings (SSSR count). The Bertz CT molecular complexity index is 953. The van der Waals surface area contributed by atoms with E-state index >= 15 is 0 Å². The van der Waals surface area contributed by atoms with E-state index in [2.05, 4.69) is 21.9 Å². The van der Waals surface area contributed by atoms with Gasteiger partial charge in [0.2, 0.25) is 0 Å². The van der Waals surface area contributed by atoms with Gasteiger partial charge in [0, 0.05) is 49.6 Å². The van der Waals surface area contributed by atoms with Crippen molar-refractivity contribution in [1.29, 1.82) is 0 Å². The minimum Gasteiger partial charge on any atom is -0.306 e. The van der Waals surface area contributed by atoms with E-state index in [9.17, 15) is 14.9 Å². The molecule has 1 aromatic heterocycles. The zero-order valence-corrected chi connectivity index (χ0v) is 16.7. The third-order valence-corrected chi connectivity index (χ3v) is 6.43. The second-order valence-corrected chi connectivity index (χ2v) is 8.23. The Balaban J connectivity index is 1.58. The lowest BCUT2D eigenvalue weighted by Crippen LogP contribution is -2.54. The summed E-state index contributed by atoms with van der Waals surface area (Å²) in [4.78, 5) is 30.1. The predicted molar refractivity (Wildman–Crippen MR) is 109 cm³/mol. The maximum Gasteiger partial charge on any atom is 0.367 e. The molecule has 2 aromatic rings. The second kappa shape index (κ2) is 7.92. The van der Waals surface area contributed by atoms with Gasteiger partial charge >= 0.3 is 5.69 Å². The van der Waals surface area contributed by atoms with E-state index in [1.165, 1.54) is 17.8 Å². The number of piperazine rings is 1. The predicted octanol–water partition coefficient (Wildman–Crippen LogP) is 1.82. The van der Waals surface area contributed by atoms with Crippen LogP contribution in [0.25, 0.3) is 0 Å². The lowest BCUT2D eigenvalue weighted by molar-refractivity contribution is -0.384. The van der Waals surface area contributed by atoms with Gasteiger partial charge < -0.3 is 9.91 Å². The van der Waals surface area contributed by atoms with Gasteiger partial charge in [-0.15, -0.1) is 11.8 Å². The summed E-state index contributed by atoms with van der Waals surface area (Å²) in [5.74, 6) is 0.555. The molecule has 8 nitrogen and oxygen atoms in total. The largest absolute Gasteiger partial charge is 0.367 e. The van der Waals surface area contributed by atoms with E-state index in [4.69, 9.17) is 0 Å². The number of fused-ring (bicyclic) bond motifs is 1. The molecule has 0 amide bonds. The van der Waals surface area contributed by atoms with Gasteiger partial charge in [0.1, 0.15) is 5.03 Å². The number of nitro benzene ring substituents is 1. The highest BCUT2D eigenvalue weighted by molar-refractivity contribution is 7.98. The van der Waals surface area contributed by atoms with Crippen molar-refractivity contribution >= 4 is 17.4 Å². The molecule has 1 saturated heterocycles. The molecule has 2 aliphatic rings. The number of nitrogens with zero attached hydrogens (tertiary/aromatic N) is 5. The smallest absolute Gasteiger partial charge is 0.306 e. The number of thioether (sulfide) groups is 1. The lowest BCUT2D eigenvalue weighted by Gasteiger charge is -2.35. The third-order valence-electron chi connectivity index (χ3n) is 5.34. The molecular formula is C19H23N5O3S. The molecule has 0 bridgehead atoms. The maximum absolute atomic E-state index is 12.8. The average Bonchev–Trinajstić information content (AvgIpc) is 3.17. The summed E-state index contributed by atoms with van der Waals surface area (Å²) in [6.07, 6.45) is 2.84. The number of rotatable bonds is 5. The van der Waals surface area contributed by atoms with Crippen LogP contribution >= 0.6 is 11.8 Å². The molecule has 1 aromatic carbocycles. The number of aromatic nitrogens is 2. The van der Waals surface area contributed by atoms with E-state index in [0.29, 0.717) is 5.75 Å². The Morgan fingerprint density at radius 1 is 1.21 bits per heavy atom. The molecule has 0 saturated carbocycles. The lowest BCUT2D eigenvalue weighted by atomic mass is 10.2. The van der Waals surface area contributed by atoms with Gasteiger partial charge in [0.25, 0.3) is 5.69 Å². The van der Waals surface area contributed by atoms with Crippen molar-refractivity contribution < 1.29 is 4.92 Å². The summed E-state index contributed by atoms with van der Waals surface area (Å²) >= 11 is 1.50. The second-order valence-electron chi connectivity index (χ2n) is 7.26. The zero-order chi connectivity index (χ0) is 19.7.